The maximum Gasteiger partial charge on any atom is 0.255 e. The Hall–Kier alpha value is -3.29. The van der Waals surface area contributed by atoms with Gasteiger partial charge >= 0.3 is 0 Å². The summed E-state index contributed by atoms with van der Waals surface area (Å²) in [6.07, 6.45) is 9.02. The highest BCUT2D eigenvalue weighted by Gasteiger charge is 2.25. The highest BCUT2D eigenvalue weighted by molar-refractivity contribution is 5.94. The fourth-order valence-electron chi connectivity index (χ4n) is 3.11. The van der Waals surface area contributed by atoms with Gasteiger partial charge in [0.15, 0.2) is 0 Å². The summed E-state index contributed by atoms with van der Waals surface area (Å²) >= 11 is 0. The van der Waals surface area contributed by atoms with Gasteiger partial charge in [-0.2, -0.15) is 0 Å². The zero-order chi connectivity index (χ0) is 17.9. The molecule has 8 nitrogen and oxygen atoms in total. The van der Waals surface area contributed by atoms with E-state index in [1.54, 1.807) is 41.8 Å². The minimum Gasteiger partial charge on any atom is -0.360 e. The van der Waals surface area contributed by atoms with Crippen molar-refractivity contribution in [2.45, 2.75) is 25.9 Å². The second kappa shape index (κ2) is 6.91. The van der Waals surface area contributed by atoms with Crippen molar-refractivity contribution in [1.82, 2.24) is 29.8 Å². The number of nitrogens with zero attached hydrogens (tertiary/aromatic N) is 5. The molecule has 2 N–H and O–H groups in total. The second-order valence-corrected chi connectivity index (χ2v) is 6.21. The first-order valence-corrected chi connectivity index (χ1v) is 8.50. The third-order valence-electron chi connectivity index (χ3n) is 4.49. The molecule has 0 saturated carbocycles. The Kier molecular flexibility index (Phi) is 4.30. The van der Waals surface area contributed by atoms with E-state index in [-0.39, 0.29) is 11.9 Å². The fourth-order valence-corrected chi connectivity index (χ4v) is 3.11. The normalized spacial score (nSPS) is 14.6. The molecule has 0 spiro atoms. The number of fused-ring (bicyclic) bond motifs is 1. The van der Waals surface area contributed by atoms with Crippen LogP contribution in [0.25, 0.3) is 0 Å². The molecule has 1 atom stereocenters. The molecular weight excluding hydrogens is 330 g/mol. The standard InChI is InChI=1S/C18H19N7O/c1-12(16-20-6-7-21-16)24-17-14-4-8-25(10-15(14)22-11-23-17)18(26)13-3-2-5-19-9-13/h2-3,5-7,9,11-12H,4,8,10H2,1H3,(H,20,21)(H,22,23,24)/t12-/m1/s1. The largest absolute Gasteiger partial charge is 0.360 e. The van der Waals surface area contributed by atoms with Crippen LogP contribution < -0.4 is 5.32 Å². The summed E-state index contributed by atoms with van der Waals surface area (Å²) in [5.74, 6) is 1.62. The van der Waals surface area contributed by atoms with Crippen molar-refractivity contribution in [2.24, 2.45) is 0 Å². The monoisotopic (exact) mass is 349 g/mol. The Morgan fingerprint density at radius 1 is 1.31 bits per heavy atom. The Balaban J connectivity index is 1.53. The molecule has 8 heteroatoms. The molecular formula is C18H19N7O. The van der Waals surface area contributed by atoms with Crippen LogP contribution in [0.2, 0.25) is 0 Å². The number of hydrogen-bond donors (Lipinski definition) is 2. The van der Waals surface area contributed by atoms with Gasteiger partial charge in [0.2, 0.25) is 0 Å². The van der Waals surface area contributed by atoms with E-state index in [1.165, 1.54) is 6.33 Å². The Bertz CT molecular complexity index is 895. The summed E-state index contributed by atoms with van der Waals surface area (Å²) in [5.41, 5.74) is 2.52. The summed E-state index contributed by atoms with van der Waals surface area (Å²) < 4.78 is 0. The number of hydrogen-bond acceptors (Lipinski definition) is 6. The number of amides is 1. The van der Waals surface area contributed by atoms with Crippen molar-refractivity contribution in [1.29, 1.82) is 0 Å². The molecule has 0 bridgehead atoms. The maximum atomic E-state index is 12.6. The molecule has 1 amide bonds. The van der Waals surface area contributed by atoms with Gasteiger partial charge in [-0.05, 0) is 25.5 Å². The zero-order valence-corrected chi connectivity index (χ0v) is 14.4. The number of imidazole rings is 1. The average molecular weight is 349 g/mol. The van der Waals surface area contributed by atoms with E-state index in [0.29, 0.717) is 25.1 Å². The third-order valence-corrected chi connectivity index (χ3v) is 4.49. The number of carbonyl (C=O) groups is 1. The van der Waals surface area contributed by atoms with Gasteiger partial charge in [0, 0.05) is 36.9 Å². The molecule has 0 saturated heterocycles. The smallest absolute Gasteiger partial charge is 0.255 e. The Morgan fingerprint density at radius 2 is 2.23 bits per heavy atom. The van der Waals surface area contributed by atoms with Crippen molar-refractivity contribution in [3.63, 3.8) is 0 Å². The number of carbonyl (C=O) groups excluding carboxylic acids is 1. The van der Waals surface area contributed by atoms with Crippen LogP contribution in [0.4, 0.5) is 5.82 Å². The molecule has 1 aliphatic rings. The molecule has 1 aliphatic heterocycles. The van der Waals surface area contributed by atoms with Crippen molar-refractivity contribution in [3.05, 3.63) is 65.9 Å². The number of nitrogens with one attached hydrogen (secondary N) is 2. The minimum atomic E-state index is -0.0270. The molecule has 3 aromatic heterocycles. The van der Waals surface area contributed by atoms with Crippen molar-refractivity contribution < 1.29 is 4.79 Å². The van der Waals surface area contributed by atoms with Crippen LogP contribution in [-0.4, -0.2) is 42.3 Å². The molecule has 0 aliphatic carbocycles. The molecule has 0 radical (unpaired) electrons. The minimum absolute atomic E-state index is 0.000875. The first kappa shape index (κ1) is 16.2. The van der Waals surface area contributed by atoms with Crippen molar-refractivity contribution in [3.8, 4) is 0 Å². The summed E-state index contributed by atoms with van der Waals surface area (Å²) in [6.45, 7) is 3.11. The predicted octanol–water partition coefficient (Wildman–Crippen LogP) is 1.97. The summed E-state index contributed by atoms with van der Waals surface area (Å²) in [5, 5.41) is 3.39. The van der Waals surface area contributed by atoms with Crippen LogP contribution in [0.3, 0.4) is 0 Å². The van der Waals surface area contributed by atoms with Crippen LogP contribution in [-0.2, 0) is 13.0 Å². The topological polar surface area (TPSA) is 99.7 Å². The number of anilines is 1. The van der Waals surface area contributed by atoms with Gasteiger partial charge < -0.3 is 15.2 Å². The first-order valence-electron chi connectivity index (χ1n) is 8.50. The van der Waals surface area contributed by atoms with Gasteiger partial charge in [0.05, 0.1) is 23.8 Å². The van der Waals surface area contributed by atoms with Crippen LogP contribution in [0, 0.1) is 0 Å². The van der Waals surface area contributed by atoms with Crippen LogP contribution >= 0.6 is 0 Å². The quantitative estimate of drug-likeness (QED) is 0.747. The van der Waals surface area contributed by atoms with Gasteiger partial charge in [-0.1, -0.05) is 0 Å². The van der Waals surface area contributed by atoms with Gasteiger partial charge in [-0.15, -0.1) is 0 Å². The number of aromatic amines is 1. The van der Waals surface area contributed by atoms with Crippen molar-refractivity contribution in [2.75, 3.05) is 11.9 Å². The van der Waals surface area contributed by atoms with Gasteiger partial charge in [-0.3, -0.25) is 9.78 Å². The van der Waals surface area contributed by atoms with Crippen LogP contribution in [0.1, 0.15) is 40.4 Å². The van der Waals surface area contributed by atoms with E-state index >= 15 is 0 Å². The van der Waals surface area contributed by atoms with E-state index in [9.17, 15) is 4.79 Å². The lowest BCUT2D eigenvalue weighted by Crippen LogP contribution is -2.37. The Morgan fingerprint density at radius 3 is 3.00 bits per heavy atom. The van der Waals surface area contributed by atoms with Gasteiger partial charge in [-0.25, -0.2) is 15.0 Å². The number of H-pyrrole nitrogens is 1. The molecule has 0 aromatic carbocycles. The third kappa shape index (κ3) is 3.13. The summed E-state index contributed by atoms with van der Waals surface area (Å²) in [6, 6.07) is 3.55. The molecule has 132 valence electrons. The molecule has 4 heterocycles. The van der Waals surface area contributed by atoms with E-state index in [4.69, 9.17) is 0 Å². The van der Waals surface area contributed by atoms with Crippen molar-refractivity contribution >= 4 is 11.7 Å². The highest BCUT2D eigenvalue weighted by atomic mass is 16.2. The van der Waals surface area contributed by atoms with E-state index < -0.39 is 0 Å². The fraction of sp³-hybridized carbons (Fsp3) is 0.278. The lowest BCUT2D eigenvalue weighted by molar-refractivity contribution is 0.0731. The number of aromatic nitrogens is 5. The lowest BCUT2D eigenvalue weighted by atomic mass is 10.0. The number of rotatable bonds is 4. The molecule has 26 heavy (non-hydrogen) atoms. The molecule has 0 unspecified atom stereocenters. The summed E-state index contributed by atoms with van der Waals surface area (Å²) in [7, 11) is 0. The number of pyridine rings is 1. The predicted molar refractivity (Wildman–Crippen MR) is 95.3 cm³/mol. The maximum absolute atomic E-state index is 12.6. The second-order valence-electron chi connectivity index (χ2n) is 6.21. The Labute approximate surface area is 150 Å². The van der Waals surface area contributed by atoms with E-state index in [1.807, 2.05) is 6.92 Å². The first-order chi connectivity index (χ1) is 12.7. The summed E-state index contributed by atoms with van der Waals surface area (Å²) in [4.78, 5) is 34.6. The van der Waals surface area contributed by atoms with Gasteiger partial charge in [0.25, 0.3) is 5.91 Å². The SMILES string of the molecule is C[C@@H](Nc1ncnc2c1CCN(C(=O)c1cccnc1)C2)c1ncc[nH]1. The van der Waals surface area contributed by atoms with Crippen LogP contribution in [0.15, 0.2) is 43.2 Å². The van der Waals surface area contributed by atoms with E-state index in [0.717, 1.165) is 22.9 Å². The molecule has 3 aromatic rings. The average Bonchev–Trinajstić information content (AvgIpc) is 3.23. The van der Waals surface area contributed by atoms with Gasteiger partial charge in [0.1, 0.15) is 18.0 Å². The van der Waals surface area contributed by atoms with E-state index in [2.05, 4.69) is 30.2 Å². The molecule has 4 rings (SSSR count). The highest BCUT2D eigenvalue weighted by Crippen LogP contribution is 2.26. The zero-order valence-electron chi connectivity index (χ0n) is 14.4. The van der Waals surface area contributed by atoms with Crippen LogP contribution in [0.5, 0.6) is 0 Å². The lowest BCUT2D eigenvalue weighted by Gasteiger charge is -2.29. The molecule has 0 fully saturated rings.